The van der Waals surface area contributed by atoms with E-state index in [2.05, 4.69) is 28.2 Å². The minimum atomic E-state index is 0.714. The van der Waals surface area contributed by atoms with Gasteiger partial charge in [-0.3, -0.25) is 0 Å². The quantitative estimate of drug-likeness (QED) is 0.913. The fourth-order valence-corrected chi connectivity index (χ4v) is 3.74. The molecule has 4 heteroatoms. The number of anilines is 2. The predicted molar refractivity (Wildman–Crippen MR) is 83.1 cm³/mol. The van der Waals surface area contributed by atoms with Crippen molar-refractivity contribution >= 4 is 11.8 Å². The van der Waals surface area contributed by atoms with E-state index < -0.39 is 0 Å². The zero-order valence-corrected chi connectivity index (χ0v) is 12.5. The first kappa shape index (κ1) is 13.7. The Morgan fingerprint density at radius 2 is 2.10 bits per heavy atom. The summed E-state index contributed by atoms with van der Waals surface area (Å²) in [7, 11) is 0. The average Bonchev–Trinajstić information content (AvgIpc) is 2.52. The van der Waals surface area contributed by atoms with Crippen LogP contribution in [-0.4, -0.2) is 29.1 Å². The summed E-state index contributed by atoms with van der Waals surface area (Å²) >= 11 is 0. The fourth-order valence-electron chi connectivity index (χ4n) is 3.74. The molecule has 0 radical (unpaired) electrons. The third-order valence-electron chi connectivity index (χ3n) is 4.71. The molecule has 1 aromatic rings. The van der Waals surface area contributed by atoms with Gasteiger partial charge < -0.3 is 10.2 Å². The molecule has 2 heterocycles. The second-order valence-electron chi connectivity index (χ2n) is 6.11. The van der Waals surface area contributed by atoms with Crippen molar-refractivity contribution in [2.75, 3.05) is 23.3 Å². The van der Waals surface area contributed by atoms with Gasteiger partial charge in [-0.15, -0.1) is 0 Å². The predicted octanol–water partition coefficient (Wildman–Crippen LogP) is 3.46. The highest BCUT2D eigenvalue weighted by atomic mass is 15.3. The molecule has 1 N–H and O–H groups in total. The maximum absolute atomic E-state index is 4.73. The number of nitrogens with zero attached hydrogens (tertiary/aromatic N) is 3. The molecule has 20 heavy (non-hydrogen) atoms. The molecular weight excluding hydrogens is 248 g/mol. The summed E-state index contributed by atoms with van der Waals surface area (Å²) in [5.41, 5.74) is 0. The molecule has 2 fully saturated rings. The largest absolute Gasteiger partial charge is 0.354 e. The van der Waals surface area contributed by atoms with Gasteiger partial charge >= 0.3 is 0 Å². The molecule has 2 unspecified atom stereocenters. The van der Waals surface area contributed by atoms with E-state index in [-0.39, 0.29) is 0 Å². The van der Waals surface area contributed by atoms with Crippen molar-refractivity contribution in [2.45, 2.75) is 57.9 Å². The van der Waals surface area contributed by atoms with E-state index in [4.69, 9.17) is 4.98 Å². The van der Waals surface area contributed by atoms with Gasteiger partial charge in [0.15, 0.2) is 0 Å². The lowest BCUT2D eigenvalue weighted by Crippen LogP contribution is -2.47. The molecule has 2 atom stereocenters. The molecule has 0 bridgehead atoms. The normalized spacial score (nSPS) is 26.1. The van der Waals surface area contributed by atoms with E-state index in [0.29, 0.717) is 6.04 Å². The van der Waals surface area contributed by atoms with Crippen molar-refractivity contribution in [3.8, 4) is 0 Å². The van der Waals surface area contributed by atoms with Crippen LogP contribution in [0.4, 0.5) is 11.8 Å². The Kier molecular flexibility index (Phi) is 4.38. The number of aromatic nitrogens is 2. The molecule has 0 spiro atoms. The molecule has 0 amide bonds. The van der Waals surface area contributed by atoms with Crippen LogP contribution in [0.5, 0.6) is 0 Å². The van der Waals surface area contributed by atoms with Gasteiger partial charge in [-0.1, -0.05) is 19.8 Å². The Morgan fingerprint density at radius 3 is 3.00 bits per heavy atom. The summed E-state index contributed by atoms with van der Waals surface area (Å²) in [6.45, 7) is 4.26. The minimum Gasteiger partial charge on any atom is -0.354 e. The third kappa shape index (κ3) is 2.89. The maximum Gasteiger partial charge on any atom is 0.224 e. The number of hydrogen-bond donors (Lipinski definition) is 1. The van der Waals surface area contributed by atoms with Crippen LogP contribution in [0.25, 0.3) is 0 Å². The zero-order chi connectivity index (χ0) is 13.8. The van der Waals surface area contributed by atoms with E-state index in [1.807, 2.05) is 6.20 Å². The summed E-state index contributed by atoms with van der Waals surface area (Å²) in [6.07, 6.45) is 11.3. The lowest BCUT2D eigenvalue weighted by Gasteiger charge is -2.44. The molecule has 3 rings (SSSR count). The van der Waals surface area contributed by atoms with Crippen molar-refractivity contribution in [3.05, 3.63) is 12.3 Å². The van der Waals surface area contributed by atoms with Crippen molar-refractivity contribution < 1.29 is 0 Å². The molecular formula is C16H26N4. The smallest absolute Gasteiger partial charge is 0.224 e. The lowest BCUT2D eigenvalue weighted by atomic mass is 9.78. The highest BCUT2D eigenvalue weighted by Crippen LogP contribution is 2.37. The first-order valence-electron chi connectivity index (χ1n) is 8.22. The minimum absolute atomic E-state index is 0.714. The number of piperidine rings is 1. The third-order valence-corrected chi connectivity index (χ3v) is 4.71. The molecule has 110 valence electrons. The van der Waals surface area contributed by atoms with Gasteiger partial charge in [0.1, 0.15) is 5.82 Å². The van der Waals surface area contributed by atoms with Gasteiger partial charge in [-0.2, -0.15) is 4.98 Å². The SMILES string of the molecule is CCCNc1nccc(N2CCCC3CCCCC32)n1. The number of nitrogens with one attached hydrogen (secondary N) is 1. The summed E-state index contributed by atoms with van der Waals surface area (Å²) in [5.74, 6) is 2.79. The van der Waals surface area contributed by atoms with Crippen LogP contribution >= 0.6 is 0 Å². The summed E-state index contributed by atoms with van der Waals surface area (Å²) in [5, 5.41) is 3.30. The Balaban J connectivity index is 1.76. The van der Waals surface area contributed by atoms with Gasteiger partial charge in [0.2, 0.25) is 5.95 Å². The lowest BCUT2D eigenvalue weighted by molar-refractivity contribution is 0.243. The number of fused-ring (bicyclic) bond motifs is 1. The van der Waals surface area contributed by atoms with E-state index >= 15 is 0 Å². The van der Waals surface area contributed by atoms with Crippen LogP contribution in [0.3, 0.4) is 0 Å². The second-order valence-corrected chi connectivity index (χ2v) is 6.11. The molecule has 1 saturated heterocycles. The van der Waals surface area contributed by atoms with Crippen molar-refractivity contribution in [3.63, 3.8) is 0 Å². The average molecular weight is 274 g/mol. The van der Waals surface area contributed by atoms with Gasteiger partial charge in [-0.05, 0) is 44.1 Å². The zero-order valence-electron chi connectivity index (χ0n) is 12.5. The van der Waals surface area contributed by atoms with Crippen molar-refractivity contribution in [2.24, 2.45) is 5.92 Å². The Labute approximate surface area is 122 Å². The summed E-state index contributed by atoms with van der Waals surface area (Å²) < 4.78 is 0. The van der Waals surface area contributed by atoms with E-state index in [1.54, 1.807) is 0 Å². The van der Waals surface area contributed by atoms with Crippen molar-refractivity contribution in [1.29, 1.82) is 0 Å². The molecule has 1 aromatic heterocycles. The highest BCUT2D eigenvalue weighted by Gasteiger charge is 2.33. The Bertz CT molecular complexity index is 432. The van der Waals surface area contributed by atoms with Crippen LogP contribution in [0, 0.1) is 5.92 Å². The van der Waals surface area contributed by atoms with Crippen LogP contribution < -0.4 is 10.2 Å². The van der Waals surface area contributed by atoms with Gasteiger partial charge in [0.25, 0.3) is 0 Å². The van der Waals surface area contributed by atoms with Crippen LogP contribution in [0.2, 0.25) is 0 Å². The fraction of sp³-hybridized carbons (Fsp3) is 0.750. The van der Waals surface area contributed by atoms with Crippen LogP contribution in [0.1, 0.15) is 51.9 Å². The van der Waals surface area contributed by atoms with E-state index in [0.717, 1.165) is 37.2 Å². The highest BCUT2D eigenvalue weighted by molar-refractivity contribution is 5.44. The van der Waals surface area contributed by atoms with E-state index in [1.165, 1.54) is 38.5 Å². The first-order valence-corrected chi connectivity index (χ1v) is 8.22. The van der Waals surface area contributed by atoms with E-state index in [9.17, 15) is 0 Å². The molecule has 2 aliphatic rings. The van der Waals surface area contributed by atoms with Crippen LogP contribution in [-0.2, 0) is 0 Å². The summed E-state index contributed by atoms with van der Waals surface area (Å²) in [6, 6.07) is 2.79. The Hall–Kier alpha value is -1.32. The van der Waals surface area contributed by atoms with Gasteiger partial charge in [0.05, 0.1) is 0 Å². The second kappa shape index (κ2) is 6.42. The topological polar surface area (TPSA) is 41.1 Å². The monoisotopic (exact) mass is 274 g/mol. The molecule has 1 aliphatic carbocycles. The van der Waals surface area contributed by atoms with Crippen LogP contribution in [0.15, 0.2) is 12.3 Å². The molecule has 0 aromatic carbocycles. The number of hydrogen-bond acceptors (Lipinski definition) is 4. The van der Waals surface area contributed by atoms with Gasteiger partial charge in [0, 0.05) is 25.3 Å². The first-order chi connectivity index (χ1) is 9.88. The number of rotatable bonds is 4. The standard InChI is InChI=1S/C16H26N4/c1-2-10-17-16-18-11-9-15(19-16)20-12-5-7-13-6-3-4-8-14(13)20/h9,11,13-14H,2-8,10,12H2,1H3,(H,17,18,19). The summed E-state index contributed by atoms with van der Waals surface area (Å²) in [4.78, 5) is 11.6. The molecule has 1 saturated carbocycles. The molecule has 1 aliphatic heterocycles. The molecule has 4 nitrogen and oxygen atoms in total. The van der Waals surface area contributed by atoms with Crippen molar-refractivity contribution in [1.82, 2.24) is 9.97 Å². The van der Waals surface area contributed by atoms with Gasteiger partial charge in [-0.25, -0.2) is 4.98 Å². The maximum atomic E-state index is 4.73. The Morgan fingerprint density at radius 1 is 1.25 bits per heavy atom.